The third kappa shape index (κ3) is 2.02. The summed E-state index contributed by atoms with van der Waals surface area (Å²) in [5.74, 6) is 4.10. The average molecular weight is 270 g/mol. The Kier molecular flexibility index (Phi) is 3.32. The molecule has 3 unspecified atom stereocenters. The van der Waals surface area contributed by atoms with Crippen molar-refractivity contribution in [2.75, 3.05) is 0 Å². The summed E-state index contributed by atoms with van der Waals surface area (Å²) >= 11 is 0. The van der Waals surface area contributed by atoms with Gasteiger partial charge in [0.25, 0.3) is 0 Å². The third-order valence-electron chi connectivity index (χ3n) is 7.29. The lowest BCUT2D eigenvalue weighted by Crippen LogP contribution is -2.46. The number of fused-ring (bicyclic) bond motifs is 5. The molecule has 0 heteroatoms. The minimum absolute atomic E-state index is 0.629. The van der Waals surface area contributed by atoms with Gasteiger partial charge in [-0.15, -0.1) is 0 Å². The van der Waals surface area contributed by atoms with Crippen LogP contribution in [0, 0.1) is 29.1 Å². The van der Waals surface area contributed by atoms with E-state index in [4.69, 9.17) is 0 Å². The number of hydrogen-bond donors (Lipinski definition) is 0. The molecule has 0 aromatic rings. The van der Waals surface area contributed by atoms with Gasteiger partial charge in [-0.05, 0) is 93.3 Å². The van der Waals surface area contributed by atoms with Crippen molar-refractivity contribution >= 4 is 0 Å². The van der Waals surface area contributed by atoms with E-state index in [2.05, 4.69) is 25.2 Å². The van der Waals surface area contributed by atoms with Crippen LogP contribution < -0.4 is 0 Å². The first-order chi connectivity index (χ1) is 9.78. The van der Waals surface area contributed by atoms with E-state index in [0.29, 0.717) is 5.41 Å². The van der Waals surface area contributed by atoms with Gasteiger partial charge >= 0.3 is 0 Å². The molecular weight excluding hydrogens is 240 g/mol. The molecule has 0 nitrogen and oxygen atoms in total. The Bertz CT molecular complexity index is 429. The Labute approximate surface area is 124 Å². The van der Waals surface area contributed by atoms with E-state index in [1.54, 1.807) is 0 Å². The third-order valence-corrected chi connectivity index (χ3v) is 7.29. The maximum atomic E-state index is 2.62. The summed E-state index contributed by atoms with van der Waals surface area (Å²) in [4.78, 5) is 0. The first kappa shape index (κ1) is 13.2. The smallest absolute Gasteiger partial charge is 0.0172 e. The van der Waals surface area contributed by atoms with Gasteiger partial charge in [0.05, 0.1) is 0 Å². The molecule has 0 bridgehead atoms. The summed E-state index contributed by atoms with van der Waals surface area (Å²) < 4.78 is 0. The van der Waals surface area contributed by atoms with Gasteiger partial charge in [-0.25, -0.2) is 0 Å². The summed E-state index contributed by atoms with van der Waals surface area (Å²) in [5.41, 5.74) is 2.50. The molecule has 0 amide bonds. The summed E-state index contributed by atoms with van der Waals surface area (Å²) in [6, 6.07) is 0. The topological polar surface area (TPSA) is 0 Å². The van der Waals surface area contributed by atoms with Crippen molar-refractivity contribution in [3.8, 4) is 0 Å². The molecule has 4 aliphatic rings. The SMILES string of the molecule is C[C@@]12CC=CCCC1C1CCC3=CCCC[C@@H]3C1CC2. The zero-order chi connectivity index (χ0) is 13.6. The molecule has 0 spiro atoms. The highest BCUT2D eigenvalue weighted by Gasteiger charge is 2.49. The largest absolute Gasteiger partial charge is 0.0885 e. The van der Waals surface area contributed by atoms with Crippen LogP contribution in [0.3, 0.4) is 0 Å². The fourth-order valence-electron chi connectivity index (χ4n) is 6.26. The van der Waals surface area contributed by atoms with Gasteiger partial charge in [0.1, 0.15) is 0 Å². The van der Waals surface area contributed by atoms with Crippen molar-refractivity contribution in [1.29, 1.82) is 0 Å². The summed E-state index contributed by atoms with van der Waals surface area (Å²) in [6.45, 7) is 2.61. The molecule has 2 saturated carbocycles. The molecule has 0 radical (unpaired) electrons. The molecule has 0 aliphatic heterocycles. The van der Waals surface area contributed by atoms with Gasteiger partial charge in [0.2, 0.25) is 0 Å². The Balaban J connectivity index is 1.62. The van der Waals surface area contributed by atoms with Crippen LogP contribution in [-0.2, 0) is 0 Å². The van der Waals surface area contributed by atoms with Crippen molar-refractivity contribution in [3.05, 3.63) is 23.8 Å². The van der Waals surface area contributed by atoms with Crippen LogP contribution >= 0.6 is 0 Å². The second-order valence-electron chi connectivity index (χ2n) is 8.23. The quantitative estimate of drug-likeness (QED) is 0.481. The molecule has 0 N–H and O–H groups in total. The fourth-order valence-corrected chi connectivity index (χ4v) is 6.26. The van der Waals surface area contributed by atoms with Gasteiger partial charge < -0.3 is 0 Å². The van der Waals surface area contributed by atoms with E-state index in [0.717, 1.165) is 23.7 Å². The lowest BCUT2D eigenvalue weighted by molar-refractivity contribution is -0.0221. The molecule has 0 aromatic carbocycles. The maximum absolute atomic E-state index is 2.62. The zero-order valence-corrected chi connectivity index (χ0v) is 13.1. The molecule has 2 fully saturated rings. The second kappa shape index (κ2) is 5.04. The van der Waals surface area contributed by atoms with Gasteiger partial charge in [0, 0.05) is 0 Å². The second-order valence-corrected chi connectivity index (χ2v) is 8.23. The predicted molar refractivity (Wildman–Crippen MR) is 85.5 cm³/mol. The normalized spacial score (nSPS) is 47.5. The minimum atomic E-state index is 0.629. The van der Waals surface area contributed by atoms with E-state index < -0.39 is 0 Å². The highest BCUT2D eigenvalue weighted by Crippen LogP contribution is 2.59. The monoisotopic (exact) mass is 270 g/mol. The van der Waals surface area contributed by atoms with Crippen LogP contribution in [0.5, 0.6) is 0 Å². The van der Waals surface area contributed by atoms with Crippen molar-refractivity contribution in [2.45, 2.75) is 71.1 Å². The first-order valence-corrected chi connectivity index (χ1v) is 9.12. The van der Waals surface area contributed by atoms with Crippen LogP contribution in [0.4, 0.5) is 0 Å². The number of allylic oxidation sites excluding steroid dienone is 4. The van der Waals surface area contributed by atoms with Crippen molar-refractivity contribution < 1.29 is 0 Å². The molecule has 0 aromatic heterocycles. The van der Waals surface area contributed by atoms with Crippen LogP contribution in [0.15, 0.2) is 23.8 Å². The molecule has 4 rings (SSSR count). The van der Waals surface area contributed by atoms with Crippen molar-refractivity contribution in [1.82, 2.24) is 0 Å². The van der Waals surface area contributed by atoms with Gasteiger partial charge in [-0.1, -0.05) is 30.7 Å². The zero-order valence-electron chi connectivity index (χ0n) is 13.1. The lowest BCUT2D eigenvalue weighted by atomic mass is 9.50. The molecule has 110 valence electrons. The minimum Gasteiger partial charge on any atom is -0.0885 e. The Hall–Kier alpha value is -0.520. The number of rotatable bonds is 0. The summed E-state index contributed by atoms with van der Waals surface area (Å²) in [5, 5.41) is 0. The van der Waals surface area contributed by atoms with Crippen LogP contribution in [0.1, 0.15) is 71.1 Å². The van der Waals surface area contributed by atoms with Crippen LogP contribution in [-0.4, -0.2) is 0 Å². The van der Waals surface area contributed by atoms with Crippen LogP contribution in [0.25, 0.3) is 0 Å². The lowest BCUT2D eigenvalue weighted by Gasteiger charge is -2.54. The molecule has 0 saturated heterocycles. The van der Waals surface area contributed by atoms with E-state index in [1.165, 1.54) is 64.2 Å². The average Bonchev–Trinajstić information content (AvgIpc) is 2.68. The Morgan fingerprint density at radius 1 is 1.00 bits per heavy atom. The highest BCUT2D eigenvalue weighted by molar-refractivity contribution is 5.17. The highest BCUT2D eigenvalue weighted by atomic mass is 14.5. The van der Waals surface area contributed by atoms with Crippen molar-refractivity contribution in [2.24, 2.45) is 29.1 Å². The molecular formula is C20H30. The van der Waals surface area contributed by atoms with E-state index in [-0.39, 0.29) is 0 Å². The van der Waals surface area contributed by atoms with Gasteiger partial charge in [-0.2, -0.15) is 0 Å². The molecule has 4 aliphatic carbocycles. The predicted octanol–water partition coefficient (Wildman–Crippen LogP) is 5.90. The van der Waals surface area contributed by atoms with E-state index >= 15 is 0 Å². The summed E-state index contributed by atoms with van der Waals surface area (Å²) in [6.07, 6.45) is 22.0. The van der Waals surface area contributed by atoms with Gasteiger partial charge in [-0.3, -0.25) is 0 Å². The number of hydrogen-bond acceptors (Lipinski definition) is 0. The Morgan fingerprint density at radius 3 is 2.90 bits per heavy atom. The first-order valence-electron chi connectivity index (χ1n) is 9.12. The molecule has 20 heavy (non-hydrogen) atoms. The van der Waals surface area contributed by atoms with E-state index in [1.807, 2.05) is 5.57 Å². The van der Waals surface area contributed by atoms with E-state index in [9.17, 15) is 0 Å². The summed E-state index contributed by atoms with van der Waals surface area (Å²) in [7, 11) is 0. The fraction of sp³-hybridized carbons (Fsp3) is 0.800. The molecule has 0 heterocycles. The van der Waals surface area contributed by atoms with Crippen molar-refractivity contribution in [3.63, 3.8) is 0 Å². The maximum Gasteiger partial charge on any atom is -0.0172 e. The van der Waals surface area contributed by atoms with Gasteiger partial charge in [0.15, 0.2) is 0 Å². The van der Waals surface area contributed by atoms with Crippen LogP contribution in [0.2, 0.25) is 0 Å². The standard InChI is InChI=1S/C20H30/c1-20-13-6-2-3-9-19(20)18-11-10-15-7-4-5-8-16(15)17(18)12-14-20/h2,6-7,16-19H,3-5,8-14H2,1H3/t16-,17?,18?,19?,20-/m0/s1. The Morgan fingerprint density at radius 2 is 1.95 bits per heavy atom. The molecule has 5 atom stereocenters.